The van der Waals surface area contributed by atoms with E-state index in [-0.39, 0.29) is 34.9 Å². The second-order valence-electron chi connectivity index (χ2n) is 13.7. The van der Waals surface area contributed by atoms with Gasteiger partial charge in [-0.05, 0) is 110 Å². The summed E-state index contributed by atoms with van der Waals surface area (Å²) in [5.41, 5.74) is 0.429. The predicted molar refractivity (Wildman–Crippen MR) is 140 cm³/mol. The van der Waals surface area contributed by atoms with Gasteiger partial charge in [-0.15, -0.1) is 0 Å². The van der Waals surface area contributed by atoms with E-state index >= 15 is 0 Å². The second-order valence-corrected chi connectivity index (χ2v) is 13.7. The lowest BCUT2D eigenvalue weighted by Gasteiger charge is -2.62. The number of carboxylic acid groups (broad SMARTS) is 1. The summed E-state index contributed by atoms with van der Waals surface area (Å²) >= 11 is 0. The maximum atomic E-state index is 12.7. The molecule has 0 saturated heterocycles. The summed E-state index contributed by atoms with van der Waals surface area (Å²) in [5.74, 6) is 1.58. The zero-order valence-electron chi connectivity index (χ0n) is 23.2. The topological polar surface area (TPSA) is 107 Å². The van der Waals surface area contributed by atoms with Gasteiger partial charge in [-0.3, -0.25) is 4.79 Å². The first-order valence-corrected chi connectivity index (χ1v) is 14.8. The van der Waals surface area contributed by atoms with Crippen LogP contribution in [0.15, 0.2) is 0 Å². The SMILES string of the molecule is CC[C@H](C)[C@H](NC(=O)CC[C@@H](C)[C@H]1CC[C@H]2[C@@H]3[C@H](O)C[C@@H]4C[C@H](O)CC[C@]4(C)[C@H]3CC[C@]12C)C(=O)O. The van der Waals surface area contributed by atoms with Gasteiger partial charge in [-0.1, -0.05) is 41.0 Å². The van der Waals surface area contributed by atoms with Crippen molar-refractivity contribution in [2.45, 2.75) is 123 Å². The summed E-state index contributed by atoms with van der Waals surface area (Å²) in [7, 11) is 0. The number of aliphatic carboxylic acids is 1. The minimum absolute atomic E-state index is 0.0932. The molecule has 6 heteroatoms. The summed E-state index contributed by atoms with van der Waals surface area (Å²) in [6.07, 6.45) is 9.72. The van der Waals surface area contributed by atoms with E-state index in [1.54, 1.807) is 0 Å². The molecule has 4 fully saturated rings. The van der Waals surface area contributed by atoms with Crippen molar-refractivity contribution in [2.75, 3.05) is 0 Å². The van der Waals surface area contributed by atoms with Gasteiger partial charge < -0.3 is 20.6 Å². The molecular weight excluding hydrogens is 454 g/mol. The maximum Gasteiger partial charge on any atom is 0.326 e. The lowest BCUT2D eigenvalue weighted by atomic mass is 9.43. The van der Waals surface area contributed by atoms with Crippen LogP contribution in [0, 0.1) is 52.3 Å². The number of nitrogens with one attached hydrogen (secondary N) is 1. The average molecular weight is 506 g/mol. The quantitative estimate of drug-likeness (QED) is 0.371. The Morgan fingerprint density at radius 2 is 1.64 bits per heavy atom. The fourth-order valence-electron chi connectivity index (χ4n) is 9.66. The van der Waals surface area contributed by atoms with Gasteiger partial charge in [0.2, 0.25) is 5.91 Å². The molecule has 0 aromatic carbocycles. The molecule has 0 spiro atoms. The third kappa shape index (κ3) is 4.86. The Bertz CT molecular complexity index is 817. The Labute approximate surface area is 218 Å². The molecular formula is C30H51NO5. The van der Waals surface area contributed by atoms with Gasteiger partial charge in [0.25, 0.3) is 0 Å². The highest BCUT2D eigenvalue weighted by Crippen LogP contribution is 2.68. The molecule has 36 heavy (non-hydrogen) atoms. The molecule has 0 heterocycles. The van der Waals surface area contributed by atoms with E-state index in [1.807, 2.05) is 13.8 Å². The molecule has 0 aromatic heterocycles. The highest BCUT2D eigenvalue weighted by Gasteiger charge is 2.62. The monoisotopic (exact) mass is 505 g/mol. The minimum atomic E-state index is -0.955. The van der Waals surface area contributed by atoms with Crippen molar-refractivity contribution >= 4 is 11.9 Å². The van der Waals surface area contributed by atoms with Crippen LogP contribution in [0.5, 0.6) is 0 Å². The lowest BCUT2D eigenvalue weighted by Crippen LogP contribution is -2.58. The fraction of sp³-hybridized carbons (Fsp3) is 0.933. The Kier molecular flexibility index (Phi) is 8.17. The molecule has 0 unspecified atom stereocenters. The Balaban J connectivity index is 1.40. The molecule has 4 N–H and O–H groups in total. The summed E-state index contributed by atoms with van der Waals surface area (Å²) in [4.78, 5) is 24.3. The van der Waals surface area contributed by atoms with Crippen LogP contribution in [0.2, 0.25) is 0 Å². The number of aliphatic hydroxyl groups excluding tert-OH is 2. The molecule has 4 saturated carbocycles. The van der Waals surface area contributed by atoms with E-state index in [4.69, 9.17) is 0 Å². The maximum absolute atomic E-state index is 12.7. The van der Waals surface area contributed by atoms with Crippen molar-refractivity contribution in [1.29, 1.82) is 0 Å². The van der Waals surface area contributed by atoms with E-state index < -0.39 is 12.0 Å². The molecule has 4 rings (SSSR count). The van der Waals surface area contributed by atoms with Crippen molar-refractivity contribution in [3.8, 4) is 0 Å². The number of rotatable bonds is 8. The summed E-state index contributed by atoms with van der Waals surface area (Å²) in [5, 5.41) is 34.0. The van der Waals surface area contributed by atoms with Crippen LogP contribution in [-0.2, 0) is 9.59 Å². The summed E-state index contributed by atoms with van der Waals surface area (Å²) in [6, 6.07) is -0.819. The summed E-state index contributed by atoms with van der Waals surface area (Å²) in [6.45, 7) is 11.0. The number of hydrogen-bond donors (Lipinski definition) is 4. The molecule has 0 bridgehead atoms. The third-order valence-electron chi connectivity index (χ3n) is 12.0. The van der Waals surface area contributed by atoms with Crippen LogP contribution in [-0.4, -0.2) is 45.4 Å². The van der Waals surface area contributed by atoms with E-state index in [1.165, 1.54) is 6.42 Å². The molecule has 12 atom stereocenters. The van der Waals surface area contributed by atoms with Crippen LogP contribution in [0.4, 0.5) is 0 Å². The van der Waals surface area contributed by atoms with E-state index in [9.17, 15) is 24.9 Å². The number of carboxylic acids is 1. The molecule has 0 aliphatic heterocycles. The minimum Gasteiger partial charge on any atom is -0.480 e. The fourth-order valence-corrected chi connectivity index (χ4v) is 9.66. The highest BCUT2D eigenvalue weighted by molar-refractivity contribution is 5.83. The van der Waals surface area contributed by atoms with Crippen LogP contribution in [0.1, 0.15) is 105 Å². The van der Waals surface area contributed by atoms with Gasteiger partial charge in [0.05, 0.1) is 12.2 Å². The van der Waals surface area contributed by atoms with Crippen molar-refractivity contribution < 1.29 is 24.9 Å². The molecule has 206 valence electrons. The smallest absolute Gasteiger partial charge is 0.326 e. The summed E-state index contributed by atoms with van der Waals surface area (Å²) < 4.78 is 0. The van der Waals surface area contributed by atoms with Gasteiger partial charge in [-0.25, -0.2) is 4.79 Å². The Morgan fingerprint density at radius 1 is 0.972 bits per heavy atom. The largest absolute Gasteiger partial charge is 0.480 e. The number of hydrogen-bond acceptors (Lipinski definition) is 4. The number of carbonyl (C=O) groups excluding carboxylic acids is 1. The second kappa shape index (κ2) is 10.6. The van der Waals surface area contributed by atoms with Crippen molar-refractivity contribution in [1.82, 2.24) is 5.32 Å². The standard InChI is InChI=1S/C30H51NO5/c1-6-17(2)27(28(35)36)31-25(34)10-7-18(3)21-8-9-22-26-23(12-14-30(21,22)5)29(4)13-11-20(32)15-19(29)16-24(26)33/h17-24,26-27,32-33H,6-16H2,1-5H3,(H,31,34)(H,35,36)/t17-,18+,19-,20+,21+,22-,23-,24+,26-,27-,29-,30+/m0/s1. The third-order valence-corrected chi connectivity index (χ3v) is 12.0. The molecule has 6 nitrogen and oxygen atoms in total. The first-order valence-electron chi connectivity index (χ1n) is 14.8. The zero-order valence-corrected chi connectivity index (χ0v) is 23.2. The van der Waals surface area contributed by atoms with Gasteiger partial charge in [0.15, 0.2) is 0 Å². The van der Waals surface area contributed by atoms with Crippen LogP contribution < -0.4 is 5.32 Å². The average Bonchev–Trinajstić information content (AvgIpc) is 3.18. The first kappa shape index (κ1) is 27.9. The van der Waals surface area contributed by atoms with Gasteiger partial charge in [0.1, 0.15) is 6.04 Å². The van der Waals surface area contributed by atoms with Crippen molar-refractivity contribution in [2.24, 2.45) is 52.3 Å². The van der Waals surface area contributed by atoms with Crippen molar-refractivity contribution in [3.05, 3.63) is 0 Å². The number of fused-ring (bicyclic) bond motifs is 5. The van der Waals surface area contributed by atoms with Gasteiger partial charge >= 0.3 is 5.97 Å². The Hall–Kier alpha value is -1.14. The number of amides is 1. The molecule has 0 aromatic rings. The highest BCUT2D eigenvalue weighted by atomic mass is 16.4. The number of aliphatic hydroxyl groups is 2. The van der Waals surface area contributed by atoms with Gasteiger partial charge in [-0.2, -0.15) is 0 Å². The zero-order chi connectivity index (χ0) is 26.4. The van der Waals surface area contributed by atoms with Crippen LogP contribution in [0.25, 0.3) is 0 Å². The molecule has 0 radical (unpaired) electrons. The molecule has 4 aliphatic rings. The van der Waals surface area contributed by atoms with E-state index in [0.29, 0.717) is 48.3 Å². The van der Waals surface area contributed by atoms with E-state index in [2.05, 4.69) is 26.1 Å². The van der Waals surface area contributed by atoms with Gasteiger partial charge in [0, 0.05) is 6.42 Å². The Morgan fingerprint density at radius 3 is 2.31 bits per heavy atom. The molecule has 1 amide bonds. The lowest BCUT2D eigenvalue weighted by molar-refractivity contribution is -0.174. The van der Waals surface area contributed by atoms with Crippen LogP contribution in [0.3, 0.4) is 0 Å². The van der Waals surface area contributed by atoms with E-state index in [0.717, 1.165) is 51.4 Å². The van der Waals surface area contributed by atoms with Crippen LogP contribution >= 0.6 is 0 Å². The van der Waals surface area contributed by atoms with Crippen molar-refractivity contribution in [3.63, 3.8) is 0 Å². The normalized spacial score (nSPS) is 44.5. The first-order chi connectivity index (χ1) is 16.9. The predicted octanol–water partition coefficient (Wildman–Crippen LogP) is 5.01. The number of carbonyl (C=O) groups is 2. The molecule has 4 aliphatic carbocycles.